The predicted molar refractivity (Wildman–Crippen MR) is 64.4 cm³/mol. The van der Waals surface area contributed by atoms with E-state index in [9.17, 15) is 9.90 Å². The zero-order chi connectivity index (χ0) is 12.8. The van der Waals surface area contributed by atoms with Gasteiger partial charge in [-0.15, -0.1) is 0 Å². The van der Waals surface area contributed by atoms with Gasteiger partial charge in [0.2, 0.25) is 0 Å². The van der Waals surface area contributed by atoms with E-state index in [4.69, 9.17) is 9.84 Å². The lowest BCUT2D eigenvalue weighted by Gasteiger charge is -2.06. The van der Waals surface area contributed by atoms with Crippen molar-refractivity contribution in [2.75, 3.05) is 7.11 Å². The standard InChI is InChI=1S/C13H16O4/c1-9(14)7-11(15)5-3-10-4-6-12(16)13(8-10)17-2/h4,6,8,14,16H,1,3,5,7H2,2H3. The third kappa shape index (κ3) is 4.18. The number of phenols is 1. The number of aromatic hydroxyl groups is 1. The molecule has 0 aliphatic heterocycles. The molecule has 0 saturated heterocycles. The molecule has 92 valence electrons. The normalized spacial score (nSPS) is 9.94. The molecule has 0 heterocycles. The van der Waals surface area contributed by atoms with Crippen LogP contribution in [-0.2, 0) is 11.2 Å². The summed E-state index contributed by atoms with van der Waals surface area (Å²) in [7, 11) is 1.47. The van der Waals surface area contributed by atoms with Gasteiger partial charge in [0.15, 0.2) is 11.5 Å². The first-order valence-electron chi connectivity index (χ1n) is 5.27. The van der Waals surface area contributed by atoms with E-state index >= 15 is 0 Å². The Morgan fingerprint density at radius 1 is 1.47 bits per heavy atom. The molecular weight excluding hydrogens is 220 g/mol. The highest BCUT2D eigenvalue weighted by atomic mass is 16.5. The topological polar surface area (TPSA) is 66.8 Å². The van der Waals surface area contributed by atoms with Gasteiger partial charge in [-0.1, -0.05) is 12.6 Å². The number of rotatable bonds is 6. The molecule has 0 unspecified atom stereocenters. The summed E-state index contributed by atoms with van der Waals surface area (Å²) in [6, 6.07) is 4.96. The first-order valence-corrected chi connectivity index (χ1v) is 5.27. The zero-order valence-electron chi connectivity index (χ0n) is 9.77. The number of hydrogen-bond donors (Lipinski definition) is 2. The van der Waals surface area contributed by atoms with Crippen molar-refractivity contribution >= 4 is 5.78 Å². The number of aliphatic hydroxyl groups excluding tert-OH is 1. The fourth-order valence-electron chi connectivity index (χ4n) is 1.48. The molecule has 17 heavy (non-hydrogen) atoms. The number of phenolic OH excluding ortho intramolecular Hbond substituents is 1. The van der Waals surface area contributed by atoms with E-state index in [-0.39, 0.29) is 23.7 Å². The highest BCUT2D eigenvalue weighted by Crippen LogP contribution is 2.26. The van der Waals surface area contributed by atoms with Crippen LogP contribution in [0.4, 0.5) is 0 Å². The summed E-state index contributed by atoms with van der Waals surface area (Å²) >= 11 is 0. The van der Waals surface area contributed by atoms with Crippen molar-refractivity contribution in [1.29, 1.82) is 0 Å². The maximum absolute atomic E-state index is 11.3. The zero-order valence-corrected chi connectivity index (χ0v) is 9.77. The number of methoxy groups -OCH3 is 1. The van der Waals surface area contributed by atoms with Crippen LogP contribution in [0, 0.1) is 0 Å². The van der Waals surface area contributed by atoms with Crippen LogP contribution in [0.15, 0.2) is 30.5 Å². The van der Waals surface area contributed by atoms with Gasteiger partial charge in [-0.2, -0.15) is 0 Å². The van der Waals surface area contributed by atoms with Gasteiger partial charge in [-0.25, -0.2) is 0 Å². The average Bonchev–Trinajstić information content (AvgIpc) is 2.27. The van der Waals surface area contributed by atoms with E-state index in [0.29, 0.717) is 18.6 Å². The smallest absolute Gasteiger partial charge is 0.160 e. The van der Waals surface area contributed by atoms with Gasteiger partial charge >= 0.3 is 0 Å². The number of hydrogen-bond acceptors (Lipinski definition) is 4. The maximum atomic E-state index is 11.3. The molecule has 0 amide bonds. The number of benzene rings is 1. The van der Waals surface area contributed by atoms with Gasteiger partial charge in [0.25, 0.3) is 0 Å². The highest BCUT2D eigenvalue weighted by molar-refractivity contribution is 5.80. The minimum absolute atomic E-state index is 0.00474. The van der Waals surface area contributed by atoms with E-state index < -0.39 is 0 Å². The summed E-state index contributed by atoms with van der Waals surface area (Å²) < 4.78 is 4.97. The molecule has 1 aromatic rings. The number of aryl methyl sites for hydroxylation is 1. The van der Waals surface area contributed by atoms with Crippen LogP contribution in [0.2, 0.25) is 0 Å². The van der Waals surface area contributed by atoms with Gasteiger partial charge in [0.1, 0.15) is 5.78 Å². The van der Waals surface area contributed by atoms with Crippen molar-refractivity contribution in [2.24, 2.45) is 0 Å². The van der Waals surface area contributed by atoms with Gasteiger partial charge in [-0.05, 0) is 24.1 Å². The Bertz CT molecular complexity index is 423. The molecule has 0 spiro atoms. The van der Waals surface area contributed by atoms with Crippen molar-refractivity contribution in [3.8, 4) is 11.5 Å². The molecule has 0 fully saturated rings. The molecule has 1 aromatic carbocycles. The van der Waals surface area contributed by atoms with E-state index in [1.165, 1.54) is 13.2 Å². The summed E-state index contributed by atoms with van der Waals surface area (Å²) in [6.07, 6.45) is 0.867. The number of allylic oxidation sites excluding steroid dienone is 1. The van der Waals surface area contributed by atoms with Crippen LogP contribution in [0.3, 0.4) is 0 Å². The Balaban J connectivity index is 2.57. The third-order valence-corrected chi connectivity index (χ3v) is 2.34. The van der Waals surface area contributed by atoms with Crippen LogP contribution in [-0.4, -0.2) is 23.1 Å². The van der Waals surface area contributed by atoms with Crippen LogP contribution < -0.4 is 4.74 Å². The Morgan fingerprint density at radius 3 is 2.76 bits per heavy atom. The number of carbonyl (C=O) groups excluding carboxylic acids is 1. The lowest BCUT2D eigenvalue weighted by Crippen LogP contribution is -2.01. The first kappa shape index (κ1) is 13.1. The minimum Gasteiger partial charge on any atom is -0.512 e. The summed E-state index contributed by atoms with van der Waals surface area (Å²) in [4.78, 5) is 11.3. The number of ether oxygens (including phenoxy) is 1. The third-order valence-electron chi connectivity index (χ3n) is 2.34. The van der Waals surface area contributed by atoms with E-state index in [2.05, 4.69) is 6.58 Å². The lowest BCUT2D eigenvalue weighted by atomic mass is 10.1. The molecule has 0 aliphatic rings. The fraction of sp³-hybridized carbons (Fsp3) is 0.308. The summed E-state index contributed by atoms with van der Waals surface area (Å²) in [6.45, 7) is 3.27. The van der Waals surface area contributed by atoms with Gasteiger partial charge in [0.05, 0.1) is 19.3 Å². The molecule has 1 rings (SSSR count). The van der Waals surface area contributed by atoms with Crippen LogP contribution in [0.25, 0.3) is 0 Å². The van der Waals surface area contributed by atoms with Gasteiger partial charge in [0, 0.05) is 6.42 Å². The molecule has 0 aliphatic carbocycles. The molecule has 4 heteroatoms. The van der Waals surface area contributed by atoms with Crippen molar-refractivity contribution in [2.45, 2.75) is 19.3 Å². The van der Waals surface area contributed by atoms with E-state index in [1.54, 1.807) is 12.1 Å². The Hall–Kier alpha value is -1.97. The molecular formula is C13H16O4. The van der Waals surface area contributed by atoms with E-state index in [0.717, 1.165) is 5.56 Å². The monoisotopic (exact) mass is 236 g/mol. The second kappa shape index (κ2) is 5.94. The van der Waals surface area contributed by atoms with Crippen LogP contribution >= 0.6 is 0 Å². The fourth-order valence-corrected chi connectivity index (χ4v) is 1.48. The molecule has 0 radical (unpaired) electrons. The quantitative estimate of drug-likeness (QED) is 0.744. The summed E-state index contributed by atoms with van der Waals surface area (Å²) in [5.41, 5.74) is 0.900. The van der Waals surface area contributed by atoms with Crippen LogP contribution in [0.5, 0.6) is 11.5 Å². The van der Waals surface area contributed by atoms with Crippen LogP contribution in [0.1, 0.15) is 18.4 Å². The molecule has 0 saturated carbocycles. The van der Waals surface area contributed by atoms with Gasteiger partial charge in [-0.3, -0.25) is 4.79 Å². The second-order valence-electron chi connectivity index (χ2n) is 3.79. The number of ketones is 1. The second-order valence-corrected chi connectivity index (χ2v) is 3.79. The number of aliphatic hydroxyl groups is 1. The van der Waals surface area contributed by atoms with Crippen molar-refractivity contribution in [1.82, 2.24) is 0 Å². The molecule has 2 N–H and O–H groups in total. The Morgan fingerprint density at radius 2 is 2.18 bits per heavy atom. The Labute approximate surface area is 100 Å². The molecule has 0 bridgehead atoms. The average molecular weight is 236 g/mol. The largest absolute Gasteiger partial charge is 0.512 e. The lowest BCUT2D eigenvalue weighted by molar-refractivity contribution is -0.118. The molecule has 0 aromatic heterocycles. The maximum Gasteiger partial charge on any atom is 0.160 e. The minimum atomic E-state index is -0.113. The van der Waals surface area contributed by atoms with Gasteiger partial charge < -0.3 is 14.9 Å². The summed E-state index contributed by atoms with van der Waals surface area (Å²) in [5, 5.41) is 18.3. The van der Waals surface area contributed by atoms with E-state index in [1.807, 2.05) is 0 Å². The molecule has 4 nitrogen and oxygen atoms in total. The Kier molecular flexibility index (Phi) is 4.57. The number of Topliss-reactive ketones (excluding diaryl/α,β-unsaturated/α-hetero) is 1. The van der Waals surface area contributed by atoms with Crippen molar-refractivity contribution < 1.29 is 19.7 Å². The molecule has 0 atom stereocenters. The van der Waals surface area contributed by atoms with Crippen molar-refractivity contribution in [3.05, 3.63) is 36.1 Å². The van der Waals surface area contributed by atoms with Crippen molar-refractivity contribution in [3.63, 3.8) is 0 Å². The highest BCUT2D eigenvalue weighted by Gasteiger charge is 2.06. The SMILES string of the molecule is C=C(O)CC(=O)CCc1ccc(O)c(OC)c1. The number of carbonyl (C=O) groups is 1. The first-order chi connectivity index (χ1) is 8.02. The summed E-state index contributed by atoms with van der Waals surface area (Å²) in [5.74, 6) is 0.288. The predicted octanol–water partition coefficient (Wildman–Crippen LogP) is 2.36.